The van der Waals surface area contributed by atoms with Crippen LogP contribution in [-0.4, -0.2) is 36.6 Å². The van der Waals surface area contributed by atoms with Gasteiger partial charge < -0.3 is 10.2 Å². The molecule has 0 amide bonds. The van der Waals surface area contributed by atoms with Gasteiger partial charge in [-0.2, -0.15) is 0 Å². The number of rotatable bonds is 7. The Kier molecular flexibility index (Phi) is 7.06. The summed E-state index contributed by atoms with van der Waals surface area (Å²) in [5.41, 5.74) is 0. The highest BCUT2D eigenvalue weighted by atomic mass is 15.2. The fourth-order valence-corrected chi connectivity index (χ4v) is 2.48. The van der Waals surface area contributed by atoms with Crippen LogP contribution in [0, 0.1) is 0 Å². The molecule has 1 N–H and O–H groups in total. The summed E-state index contributed by atoms with van der Waals surface area (Å²) >= 11 is 0. The second-order valence-electron chi connectivity index (χ2n) is 5.42. The zero-order valence-corrected chi connectivity index (χ0v) is 11.5. The Labute approximate surface area is 102 Å². The van der Waals surface area contributed by atoms with Gasteiger partial charge in [0.05, 0.1) is 0 Å². The number of nitrogens with one attached hydrogen (secondary N) is 1. The van der Waals surface area contributed by atoms with E-state index in [4.69, 9.17) is 0 Å². The van der Waals surface area contributed by atoms with E-state index < -0.39 is 0 Å². The summed E-state index contributed by atoms with van der Waals surface area (Å²) < 4.78 is 0. The Morgan fingerprint density at radius 2 is 1.81 bits per heavy atom. The van der Waals surface area contributed by atoms with Crippen molar-refractivity contribution in [2.45, 2.75) is 71.4 Å². The van der Waals surface area contributed by atoms with Gasteiger partial charge in [-0.1, -0.05) is 26.2 Å². The average Bonchev–Trinajstić information content (AvgIpc) is 2.29. The predicted molar refractivity (Wildman–Crippen MR) is 71.9 cm³/mol. The van der Waals surface area contributed by atoms with E-state index in [1.807, 2.05) is 0 Å². The second kappa shape index (κ2) is 8.08. The van der Waals surface area contributed by atoms with E-state index in [0.717, 1.165) is 12.1 Å². The molecule has 0 aromatic rings. The smallest absolute Gasteiger partial charge is 0.00914 e. The minimum atomic E-state index is 0.727. The van der Waals surface area contributed by atoms with Crippen LogP contribution in [0.25, 0.3) is 0 Å². The number of hydrogen-bond acceptors (Lipinski definition) is 2. The van der Waals surface area contributed by atoms with Crippen molar-refractivity contribution >= 4 is 0 Å². The fraction of sp³-hybridized carbons (Fsp3) is 1.00. The van der Waals surface area contributed by atoms with Crippen LogP contribution in [0.3, 0.4) is 0 Å². The van der Waals surface area contributed by atoms with Gasteiger partial charge in [0.25, 0.3) is 0 Å². The van der Waals surface area contributed by atoms with E-state index in [9.17, 15) is 0 Å². The quantitative estimate of drug-likeness (QED) is 0.671. The molecule has 0 saturated carbocycles. The third kappa shape index (κ3) is 5.31. The van der Waals surface area contributed by atoms with Gasteiger partial charge in [0.15, 0.2) is 0 Å². The van der Waals surface area contributed by atoms with Crippen molar-refractivity contribution in [3.8, 4) is 0 Å². The van der Waals surface area contributed by atoms with Gasteiger partial charge in [0, 0.05) is 12.1 Å². The maximum absolute atomic E-state index is 3.71. The minimum Gasteiger partial charge on any atom is -0.314 e. The molecule has 1 aliphatic heterocycles. The molecule has 16 heavy (non-hydrogen) atoms. The first-order chi connectivity index (χ1) is 7.74. The lowest BCUT2D eigenvalue weighted by Crippen LogP contribution is -2.45. The van der Waals surface area contributed by atoms with Gasteiger partial charge in [0.2, 0.25) is 0 Å². The van der Waals surface area contributed by atoms with Crippen LogP contribution < -0.4 is 5.32 Å². The van der Waals surface area contributed by atoms with Crippen molar-refractivity contribution in [1.82, 2.24) is 10.2 Å². The molecule has 0 atom stereocenters. The van der Waals surface area contributed by atoms with E-state index in [0.29, 0.717) is 0 Å². The molecule has 0 aliphatic carbocycles. The molecular weight excluding hydrogens is 196 g/mol. The summed E-state index contributed by atoms with van der Waals surface area (Å²) in [6.07, 6.45) is 8.17. The zero-order valence-electron chi connectivity index (χ0n) is 11.5. The van der Waals surface area contributed by atoms with Gasteiger partial charge in [-0.3, -0.25) is 0 Å². The molecule has 0 bridgehead atoms. The lowest BCUT2D eigenvalue weighted by molar-refractivity contribution is 0.161. The van der Waals surface area contributed by atoms with Crippen molar-refractivity contribution in [3.63, 3.8) is 0 Å². The molecule has 0 aromatic heterocycles. The fourth-order valence-electron chi connectivity index (χ4n) is 2.48. The molecule has 0 radical (unpaired) electrons. The summed E-state index contributed by atoms with van der Waals surface area (Å²) in [5, 5.41) is 3.71. The van der Waals surface area contributed by atoms with E-state index in [2.05, 4.69) is 31.0 Å². The normalized spacial score (nSPS) is 19.5. The number of unbranched alkanes of at least 4 members (excludes halogenated alkanes) is 3. The maximum atomic E-state index is 3.71. The van der Waals surface area contributed by atoms with Crippen LogP contribution in [0.4, 0.5) is 0 Å². The van der Waals surface area contributed by atoms with E-state index in [-0.39, 0.29) is 0 Å². The molecule has 1 heterocycles. The molecule has 0 unspecified atom stereocenters. The van der Waals surface area contributed by atoms with Gasteiger partial charge >= 0.3 is 0 Å². The molecule has 1 fully saturated rings. The Morgan fingerprint density at radius 3 is 2.38 bits per heavy atom. The molecule has 2 nitrogen and oxygen atoms in total. The Hall–Kier alpha value is -0.0800. The average molecular weight is 226 g/mol. The summed E-state index contributed by atoms with van der Waals surface area (Å²) in [4.78, 5) is 2.59. The summed E-state index contributed by atoms with van der Waals surface area (Å²) in [6, 6.07) is 1.52. The monoisotopic (exact) mass is 226 g/mol. The molecule has 1 rings (SSSR count). The molecule has 1 aliphatic rings. The number of likely N-dealkylation sites (tertiary alicyclic amines) is 1. The summed E-state index contributed by atoms with van der Waals surface area (Å²) in [6.45, 7) is 10.7. The lowest BCUT2D eigenvalue weighted by atomic mass is 10.0. The topological polar surface area (TPSA) is 15.3 Å². The molecule has 0 aromatic carbocycles. The highest BCUT2D eigenvalue weighted by Gasteiger charge is 2.19. The second-order valence-corrected chi connectivity index (χ2v) is 5.42. The highest BCUT2D eigenvalue weighted by Crippen LogP contribution is 2.12. The number of nitrogens with zero attached hydrogens (tertiary/aromatic N) is 1. The van der Waals surface area contributed by atoms with Gasteiger partial charge in [-0.05, 0) is 52.7 Å². The van der Waals surface area contributed by atoms with Gasteiger partial charge in [0.1, 0.15) is 0 Å². The Balaban J connectivity index is 1.99. The van der Waals surface area contributed by atoms with E-state index in [1.54, 1.807) is 0 Å². The highest BCUT2D eigenvalue weighted by molar-refractivity contribution is 4.78. The molecular formula is C14H30N2. The van der Waals surface area contributed by atoms with Crippen molar-refractivity contribution in [1.29, 1.82) is 0 Å². The first kappa shape index (κ1) is 14.0. The number of hydrogen-bond donors (Lipinski definition) is 1. The molecule has 1 saturated heterocycles. The third-order valence-electron chi connectivity index (χ3n) is 3.72. The van der Waals surface area contributed by atoms with Crippen LogP contribution in [0.15, 0.2) is 0 Å². The van der Waals surface area contributed by atoms with Crippen molar-refractivity contribution < 1.29 is 0 Å². The minimum absolute atomic E-state index is 0.727. The maximum Gasteiger partial charge on any atom is 0.00914 e. The molecule has 0 spiro atoms. The van der Waals surface area contributed by atoms with E-state index >= 15 is 0 Å². The Bertz CT molecular complexity index is 160. The van der Waals surface area contributed by atoms with Crippen LogP contribution >= 0.6 is 0 Å². The summed E-state index contributed by atoms with van der Waals surface area (Å²) in [5.74, 6) is 0. The lowest BCUT2D eigenvalue weighted by Gasteiger charge is -2.35. The van der Waals surface area contributed by atoms with Crippen molar-refractivity contribution in [2.75, 3.05) is 19.6 Å². The van der Waals surface area contributed by atoms with E-state index in [1.165, 1.54) is 58.2 Å². The molecule has 2 heteroatoms. The first-order valence-electron chi connectivity index (χ1n) is 7.21. The van der Waals surface area contributed by atoms with Crippen molar-refractivity contribution in [2.24, 2.45) is 0 Å². The SMILES string of the molecule is CCCCCCNC1CCN(C(C)C)CC1. The summed E-state index contributed by atoms with van der Waals surface area (Å²) in [7, 11) is 0. The van der Waals surface area contributed by atoms with Gasteiger partial charge in [-0.25, -0.2) is 0 Å². The van der Waals surface area contributed by atoms with Crippen LogP contribution in [0.1, 0.15) is 59.3 Å². The van der Waals surface area contributed by atoms with Crippen LogP contribution in [0.2, 0.25) is 0 Å². The van der Waals surface area contributed by atoms with Gasteiger partial charge in [-0.15, -0.1) is 0 Å². The van der Waals surface area contributed by atoms with Crippen molar-refractivity contribution in [3.05, 3.63) is 0 Å². The largest absolute Gasteiger partial charge is 0.314 e. The van der Waals surface area contributed by atoms with Crippen LogP contribution in [-0.2, 0) is 0 Å². The molecule has 96 valence electrons. The standard InChI is InChI=1S/C14H30N2/c1-4-5-6-7-10-15-14-8-11-16(12-9-14)13(2)3/h13-15H,4-12H2,1-3H3. The number of piperidine rings is 1. The predicted octanol–water partition coefficient (Wildman–Crippen LogP) is 3.03. The first-order valence-corrected chi connectivity index (χ1v) is 7.21. The third-order valence-corrected chi connectivity index (χ3v) is 3.72. The zero-order chi connectivity index (χ0) is 11.8. The van der Waals surface area contributed by atoms with Crippen LogP contribution in [0.5, 0.6) is 0 Å². The Morgan fingerprint density at radius 1 is 1.12 bits per heavy atom.